The van der Waals surface area contributed by atoms with Crippen LogP contribution in [0.3, 0.4) is 0 Å². The van der Waals surface area contributed by atoms with Gasteiger partial charge < -0.3 is 21.5 Å². The fourth-order valence-electron chi connectivity index (χ4n) is 3.80. The zero-order valence-corrected chi connectivity index (χ0v) is 14.9. The second-order valence-electron chi connectivity index (χ2n) is 6.81. The summed E-state index contributed by atoms with van der Waals surface area (Å²) in [6.07, 6.45) is 7.54. The lowest BCUT2D eigenvalue weighted by Gasteiger charge is -2.29. The molecular weight excluding hydrogens is 328 g/mol. The van der Waals surface area contributed by atoms with E-state index in [1.54, 1.807) is 24.0 Å². The van der Waals surface area contributed by atoms with Crippen LogP contribution in [0.4, 0.5) is 17.2 Å². The van der Waals surface area contributed by atoms with E-state index in [0.717, 1.165) is 54.0 Å². The minimum absolute atomic E-state index is 0.279. The van der Waals surface area contributed by atoms with E-state index in [0.29, 0.717) is 11.7 Å². The van der Waals surface area contributed by atoms with Crippen molar-refractivity contribution in [3.8, 4) is 5.75 Å². The van der Waals surface area contributed by atoms with Crippen molar-refractivity contribution >= 4 is 22.8 Å². The molecule has 0 bridgehead atoms. The molecule has 2 aromatic heterocycles. The largest absolute Gasteiger partial charge is 0.495 e. The molecule has 7 nitrogen and oxygen atoms in total. The van der Waals surface area contributed by atoms with Gasteiger partial charge in [0.25, 0.3) is 0 Å². The fourth-order valence-corrected chi connectivity index (χ4v) is 3.80. The van der Waals surface area contributed by atoms with E-state index in [1.807, 2.05) is 24.3 Å². The molecule has 0 radical (unpaired) electrons. The van der Waals surface area contributed by atoms with Crippen LogP contribution in [0.1, 0.15) is 37.2 Å². The molecule has 1 aliphatic rings. The van der Waals surface area contributed by atoms with Crippen LogP contribution < -0.4 is 21.5 Å². The van der Waals surface area contributed by atoms with Gasteiger partial charge in [0.15, 0.2) is 5.65 Å². The summed E-state index contributed by atoms with van der Waals surface area (Å²) in [6, 6.07) is 8.10. The summed E-state index contributed by atoms with van der Waals surface area (Å²) in [5.74, 6) is 1.62. The van der Waals surface area contributed by atoms with Crippen molar-refractivity contribution in [2.24, 2.45) is 5.73 Å². The van der Waals surface area contributed by atoms with E-state index in [2.05, 4.69) is 15.4 Å². The molecule has 3 aromatic rings. The summed E-state index contributed by atoms with van der Waals surface area (Å²) in [5.41, 5.74) is 16.0. The molecule has 1 aromatic carbocycles. The highest BCUT2D eigenvalue weighted by Gasteiger charge is 2.27. The van der Waals surface area contributed by atoms with Crippen LogP contribution in [0.15, 0.2) is 36.7 Å². The summed E-state index contributed by atoms with van der Waals surface area (Å²) >= 11 is 0. The van der Waals surface area contributed by atoms with Crippen molar-refractivity contribution in [3.05, 3.63) is 42.2 Å². The molecule has 0 amide bonds. The van der Waals surface area contributed by atoms with Crippen LogP contribution in [0.5, 0.6) is 5.75 Å². The minimum Gasteiger partial charge on any atom is -0.495 e. The Bertz CT molecular complexity index is 914. The van der Waals surface area contributed by atoms with Gasteiger partial charge in [-0.15, -0.1) is 5.10 Å². The Morgan fingerprint density at radius 2 is 1.96 bits per heavy atom. The maximum atomic E-state index is 6.37. The van der Waals surface area contributed by atoms with Gasteiger partial charge in [-0.1, -0.05) is 12.1 Å². The minimum atomic E-state index is 0.279. The van der Waals surface area contributed by atoms with Gasteiger partial charge >= 0.3 is 0 Å². The zero-order valence-electron chi connectivity index (χ0n) is 14.9. The number of nitrogens with zero attached hydrogens (tertiary/aromatic N) is 3. The molecule has 0 atom stereocenters. The van der Waals surface area contributed by atoms with Gasteiger partial charge in [-0.05, 0) is 43.7 Å². The molecule has 136 valence electrons. The summed E-state index contributed by atoms with van der Waals surface area (Å²) in [7, 11) is 1.66. The summed E-state index contributed by atoms with van der Waals surface area (Å²) in [6.45, 7) is 0. The number of imidazole rings is 1. The smallest absolute Gasteiger partial charge is 0.177 e. The third-order valence-corrected chi connectivity index (χ3v) is 5.15. The second kappa shape index (κ2) is 6.84. The van der Waals surface area contributed by atoms with Crippen molar-refractivity contribution in [1.29, 1.82) is 0 Å². The lowest BCUT2D eigenvalue weighted by atomic mass is 9.81. The highest BCUT2D eigenvalue weighted by molar-refractivity contribution is 5.82. The molecule has 1 saturated carbocycles. The first-order valence-electron chi connectivity index (χ1n) is 8.95. The van der Waals surface area contributed by atoms with Gasteiger partial charge in [0.1, 0.15) is 11.6 Å². The zero-order chi connectivity index (χ0) is 18.1. The average molecular weight is 352 g/mol. The molecular formula is C19H24N6O. The number of rotatable bonds is 4. The van der Waals surface area contributed by atoms with Gasteiger partial charge in [-0.3, -0.25) is 0 Å². The monoisotopic (exact) mass is 352 g/mol. The van der Waals surface area contributed by atoms with E-state index in [-0.39, 0.29) is 6.04 Å². The average Bonchev–Trinajstić information content (AvgIpc) is 3.11. The van der Waals surface area contributed by atoms with Crippen molar-refractivity contribution in [3.63, 3.8) is 0 Å². The van der Waals surface area contributed by atoms with Crippen LogP contribution in [0, 0.1) is 0 Å². The van der Waals surface area contributed by atoms with Gasteiger partial charge in [0.2, 0.25) is 0 Å². The topological polar surface area (TPSA) is 103 Å². The summed E-state index contributed by atoms with van der Waals surface area (Å²) < 4.78 is 7.20. The second-order valence-corrected chi connectivity index (χ2v) is 6.81. The molecule has 2 heterocycles. The number of para-hydroxylation sites is 2. The molecule has 1 aliphatic carbocycles. The number of benzene rings is 1. The number of hydrogen-bond donors (Lipinski definition) is 3. The standard InChI is InChI=1S/C19H24N6O/c1-26-15-5-3-2-4-14(15)23-17-16(12-6-8-13(20)9-7-12)18(21)24-25-11-10-22-19(17)25/h2-5,10-13,23H,6-9,20H2,1H3,(H2,21,24). The van der Waals surface area contributed by atoms with Crippen molar-refractivity contribution in [1.82, 2.24) is 14.6 Å². The molecule has 1 fully saturated rings. The van der Waals surface area contributed by atoms with Gasteiger partial charge in [-0.2, -0.15) is 0 Å². The van der Waals surface area contributed by atoms with E-state index >= 15 is 0 Å². The Hall–Kier alpha value is -2.80. The normalized spacial score (nSPS) is 20.2. The molecule has 5 N–H and O–H groups in total. The Morgan fingerprint density at radius 3 is 2.73 bits per heavy atom. The molecule has 0 aliphatic heterocycles. The van der Waals surface area contributed by atoms with Crippen molar-refractivity contribution in [2.75, 3.05) is 18.2 Å². The van der Waals surface area contributed by atoms with Crippen LogP contribution in [-0.2, 0) is 0 Å². The lowest BCUT2D eigenvalue weighted by molar-refractivity contribution is 0.396. The molecule has 0 spiro atoms. The molecule has 0 saturated heterocycles. The Labute approximate surface area is 152 Å². The Kier molecular flexibility index (Phi) is 4.38. The van der Waals surface area contributed by atoms with Gasteiger partial charge in [-0.25, -0.2) is 9.50 Å². The van der Waals surface area contributed by atoms with Crippen LogP contribution in [0.25, 0.3) is 5.65 Å². The number of methoxy groups -OCH3 is 1. The van der Waals surface area contributed by atoms with E-state index in [4.69, 9.17) is 16.2 Å². The number of nitrogens with two attached hydrogens (primary N) is 2. The molecule has 0 unspecified atom stereocenters. The van der Waals surface area contributed by atoms with Crippen LogP contribution in [0.2, 0.25) is 0 Å². The van der Waals surface area contributed by atoms with Gasteiger partial charge in [0.05, 0.1) is 18.5 Å². The number of nitrogen functional groups attached to an aromatic ring is 1. The first-order valence-corrected chi connectivity index (χ1v) is 8.95. The number of anilines is 3. The summed E-state index contributed by atoms with van der Waals surface area (Å²) in [4.78, 5) is 4.50. The number of ether oxygens (including phenoxy) is 1. The first kappa shape index (κ1) is 16.7. The highest BCUT2D eigenvalue weighted by Crippen LogP contribution is 2.42. The SMILES string of the molecule is COc1ccccc1Nc1c(C2CCC(N)CC2)c(N)nn2ccnc12. The van der Waals surface area contributed by atoms with E-state index < -0.39 is 0 Å². The summed E-state index contributed by atoms with van der Waals surface area (Å²) in [5, 5.41) is 8.02. The van der Waals surface area contributed by atoms with Gasteiger partial charge in [0, 0.05) is 24.0 Å². The number of nitrogens with one attached hydrogen (secondary N) is 1. The van der Waals surface area contributed by atoms with Crippen molar-refractivity contribution < 1.29 is 4.74 Å². The van der Waals surface area contributed by atoms with Crippen LogP contribution >= 0.6 is 0 Å². The Morgan fingerprint density at radius 1 is 1.19 bits per heavy atom. The van der Waals surface area contributed by atoms with Crippen molar-refractivity contribution in [2.45, 2.75) is 37.6 Å². The first-order chi connectivity index (χ1) is 12.7. The predicted octanol–water partition coefficient (Wildman–Crippen LogP) is 3.05. The maximum absolute atomic E-state index is 6.37. The number of hydrogen-bond acceptors (Lipinski definition) is 6. The Balaban J connectivity index is 1.83. The lowest BCUT2D eigenvalue weighted by Crippen LogP contribution is -2.26. The molecule has 4 rings (SSSR count). The molecule has 7 heteroatoms. The third-order valence-electron chi connectivity index (χ3n) is 5.15. The quantitative estimate of drug-likeness (QED) is 0.667. The van der Waals surface area contributed by atoms with E-state index in [9.17, 15) is 0 Å². The fraction of sp³-hybridized carbons (Fsp3) is 0.368. The highest BCUT2D eigenvalue weighted by atomic mass is 16.5. The van der Waals surface area contributed by atoms with Crippen LogP contribution in [-0.4, -0.2) is 27.7 Å². The predicted molar refractivity (Wildman–Crippen MR) is 103 cm³/mol. The third kappa shape index (κ3) is 2.94. The number of aromatic nitrogens is 3. The number of fused-ring (bicyclic) bond motifs is 1. The molecule has 26 heavy (non-hydrogen) atoms. The van der Waals surface area contributed by atoms with E-state index in [1.165, 1.54) is 0 Å². The maximum Gasteiger partial charge on any atom is 0.177 e.